The summed E-state index contributed by atoms with van der Waals surface area (Å²) >= 11 is 5.77. The molecule has 0 atom stereocenters. The Kier molecular flexibility index (Phi) is 1.73. The first kappa shape index (κ1) is 8.12. The first-order valence-corrected chi connectivity index (χ1v) is 4.05. The van der Waals surface area contributed by atoms with E-state index in [0.29, 0.717) is 11.1 Å². The normalized spacial score (nSPS) is 10.6. The fourth-order valence-electron chi connectivity index (χ4n) is 1.11. The molecule has 0 saturated carbocycles. The van der Waals surface area contributed by atoms with Crippen LogP contribution in [0.2, 0.25) is 5.28 Å². The lowest BCUT2D eigenvalue weighted by Gasteiger charge is -1.97. The molecule has 0 saturated heterocycles. The number of aromatic nitrogens is 4. The third kappa shape index (κ3) is 1.27. The van der Waals surface area contributed by atoms with Crippen LogP contribution in [0.5, 0.6) is 0 Å². The molecular formula is C7H8ClN5. The van der Waals surface area contributed by atoms with Crippen LogP contribution >= 0.6 is 11.6 Å². The largest absolute Gasteiger partial charge is 0.382 e. The Morgan fingerprint density at radius 1 is 1.62 bits per heavy atom. The molecule has 0 bridgehead atoms. The Hall–Kier alpha value is -1.49. The van der Waals surface area contributed by atoms with Crippen LogP contribution in [0, 0.1) is 0 Å². The van der Waals surface area contributed by atoms with Crippen molar-refractivity contribution in [2.75, 3.05) is 5.73 Å². The van der Waals surface area contributed by atoms with E-state index < -0.39 is 0 Å². The minimum Gasteiger partial charge on any atom is -0.382 e. The van der Waals surface area contributed by atoms with E-state index in [2.05, 4.69) is 15.2 Å². The van der Waals surface area contributed by atoms with Gasteiger partial charge in [-0.15, -0.1) is 0 Å². The highest BCUT2D eigenvalue weighted by molar-refractivity contribution is 6.28. The van der Waals surface area contributed by atoms with Crippen LogP contribution in [0.1, 0.15) is 0 Å². The Morgan fingerprint density at radius 2 is 2.38 bits per heavy atom. The highest BCUT2D eigenvalue weighted by Gasteiger charge is 2.08. The van der Waals surface area contributed by atoms with Crippen LogP contribution in [0.4, 0.5) is 5.82 Å². The first-order chi connectivity index (χ1) is 6.18. The molecule has 0 amide bonds. The van der Waals surface area contributed by atoms with Crippen LogP contribution in [0.15, 0.2) is 12.3 Å². The second-order valence-corrected chi connectivity index (χ2v) is 3.02. The molecule has 0 spiro atoms. The van der Waals surface area contributed by atoms with Gasteiger partial charge in [0.1, 0.15) is 5.82 Å². The van der Waals surface area contributed by atoms with Gasteiger partial charge in [0.15, 0.2) is 0 Å². The van der Waals surface area contributed by atoms with Gasteiger partial charge in [-0.05, 0) is 11.6 Å². The van der Waals surface area contributed by atoms with Crippen molar-refractivity contribution in [3.63, 3.8) is 0 Å². The van der Waals surface area contributed by atoms with Gasteiger partial charge in [0, 0.05) is 13.1 Å². The second-order valence-electron chi connectivity index (χ2n) is 2.68. The topological polar surface area (TPSA) is 72.5 Å². The summed E-state index contributed by atoms with van der Waals surface area (Å²) in [4.78, 5) is 3.94. The fourth-order valence-corrected chi connectivity index (χ4v) is 1.25. The zero-order chi connectivity index (χ0) is 9.42. The summed E-state index contributed by atoms with van der Waals surface area (Å²) < 4.78 is 1.74. The van der Waals surface area contributed by atoms with Gasteiger partial charge in [0.2, 0.25) is 5.28 Å². The Labute approximate surface area is 79.5 Å². The molecule has 0 aromatic carbocycles. The lowest BCUT2D eigenvalue weighted by atomic mass is 10.3. The Balaban J connectivity index is 2.52. The summed E-state index contributed by atoms with van der Waals surface area (Å²) in [6, 6.07) is 1.73. The first-order valence-electron chi connectivity index (χ1n) is 3.67. The maximum atomic E-state index is 5.77. The van der Waals surface area contributed by atoms with Gasteiger partial charge in [-0.2, -0.15) is 5.10 Å². The van der Waals surface area contributed by atoms with Gasteiger partial charge in [-0.1, -0.05) is 0 Å². The lowest BCUT2D eigenvalue weighted by Crippen LogP contribution is -1.91. The summed E-state index contributed by atoms with van der Waals surface area (Å²) in [7, 11) is 1.82. The molecule has 0 aliphatic rings. The van der Waals surface area contributed by atoms with Crippen LogP contribution < -0.4 is 5.73 Å². The van der Waals surface area contributed by atoms with Crippen molar-refractivity contribution in [3.05, 3.63) is 17.5 Å². The van der Waals surface area contributed by atoms with Gasteiger partial charge in [0.25, 0.3) is 0 Å². The molecule has 68 valence electrons. The SMILES string of the molecule is Cn1c(-c2cc(N)n[nH]2)cnc1Cl. The van der Waals surface area contributed by atoms with E-state index in [1.54, 1.807) is 16.8 Å². The summed E-state index contributed by atoms with van der Waals surface area (Å²) in [6.45, 7) is 0. The molecule has 3 N–H and O–H groups in total. The number of hydrogen-bond donors (Lipinski definition) is 2. The average molecular weight is 198 g/mol. The fraction of sp³-hybridized carbons (Fsp3) is 0.143. The number of rotatable bonds is 1. The highest BCUT2D eigenvalue weighted by atomic mass is 35.5. The van der Waals surface area contributed by atoms with Gasteiger partial charge in [-0.3, -0.25) is 5.10 Å². The number of halogens is 1. The molecule has 6 heteroatoms. The molecule has 0 radical (unpaired) electrons. The van der Waals surface area contributed by atoms with Gasteiger partial charge < -0.3 is 10.3 Å². The van der Waals surface area contributed by atoms with E-state index in [-0.39, 0.29) is 0 Å². The third-order valence-electron chi connectivity index (χ3n) is 1.81. The van der Waals surface area contributed by atoms with Crippen molar-refractivity contribution in [3.8, 4) is 11.4 Å². The molecule has 0 aliphatic carbocycles. The molecule has 0 aliphatic heterocycles. The number of H-pyrrole nitrogens is 1. The predicted octanol–water partition coefficient (Wildman–Crippen LogP) is 1.05. The van der Waals surface area contributed by atoms with Crippen molar-refractivity contribution in [2.45, 2.75) is 0 Å². The van der Waals surface area contributed by atoms with E-state index in [0.717, 1.165) is 11.4 Å². The lowest BCUT2D eigenvalue weighted by molar-refractivity contribution is 0.914. The number of imidazole rings is 1. The number of nitrogens with one attached hydrogen (secondary N) is 1. The molecular weight excluding hydrogens is 190 g/mol. The van der Waals surface area contributed by atoms with Crippen LogP contribution in [-0.4, -0.2) is 19.7 Å². The summed E-state index contributed by atoms with van der Waals surface area (Å²) in [5, 5.41) is 7.03. The third-order valence-corrected chi connectivity index (χ3v) is 2.16. The van der Waals surface area contributed by atoms with Gasteiger partial charge in [0.05, 0.1) is 17.6 Å². The van der Waals surface area contributed by atoms with Crippen molar-refractivity contribution in [2.24, 2.45) is 7.05 Å². The van der Waals surface area contributed by atoms with Crippen molar-refractivity contribution in [1.82, 2.24) is 19.7 Å². The summed E-state index contributed by atoms with van der Waals surface area (Å²) in [6.07, 6.45) is 1.66. The van der Waals surface area contributed by atoms with E-state index >= 15 is 0 Å². The van der Waals surface area contributed by atoms with E-state index in [1.807, 2.05) is 7.05 Å². The van der Waals surface area contributed by atoms with Crippen molar-refractivity contribution >= 4 is 17.4 Å². The van der Waals surface area contributed by atoms with Crippen LogP contribution in [0.3, 0.4) is 0 Å². The molecule has 5 nitrogen and oxygen atoms in total. The maximum Gasteiger partial charge on any atom is 0.202 e. The minimum absolute atomic E-state index is 0.433. The number of nitrogens with two attached hydrogens (primary N) is 1. The van der Waals surface area contributed by atoms with E-state index in [1.165, 1.54) is 0 Å². The summed E-state index contributed by atoms with van der Waals surface area (Å²) in [5.41, 5.74) is 7.13. The van der Waals surface area contributed by atoms with E-state index in [9.17, 15) is 0 Å². The smallest absolute Gasteiger partial charge is 0.202 e. The molecule has 0 fully saturated rings. The molecule has 2 rings (SSSR count). The molecule has 0 unspecified atom stereocenters. The van der Waals surface area contributed by atoms with E-state index in [4.69, 9.17) is 17.3 Å². The molecule has 2 aromatic heterocycles. The number of hydrogen-bond acceptors (Lipinski definition) is 3. The number of anilines is 1. The second kappa shape index (κ2) is 2.77. The van der Waals surface area contributed by atoms with Gasteiger partial charge >= 0.3 is 0 Å². The Morgan fingerprint density at radius 3 is 2.85 bits per heavy atom. The predicted molar refractivity (Wildman–Crippen MR) is 50.2 cm³/mol. The van der Waals surface area contributed by atoms with Crippen molar-refractivity contribution in [1.29, 1.82) is 0 Å². The number of aromatic amines is 1. The van der Waals surface area contributed by atoms with Gasteiger partial charge in [-0.25, -0.2) is 4.98 Å². The molecule has 13 heavy (non-hydrogen) atoms. The summed E-state index contributed by atoms with van der Waals surface area (Å²) in [5.74, 6) is 0.451. The Bertz CT molecular complexity index is 430. The minimum atomic E-state index is 0.433. The van der Waals surface area contributed by atoms with Crippen LogP contribution in [0.25, 0.3) is 11.4 Å². The maximum absolute atomic E-state index is 5.77. The monoisotopic (exact) mass is 197 g/mol. The molecule has 2 aromatic rings. The molecule has 2 heterocycles. The zero-order valence-electron chi connectivity index (χ0n) is 6.95. The standard InChI is InChI=1S/C7H8ClN5/c1-13-5(3-10-7(13)8)4-2-6(9)12-11-4/h2-3H,1H3,(H3,9,11,12). The number of nitrogen functional groups attached to an aromatic ring is 1. The van der Waals surface area contributed by atoms with Crippen LogP contribution in [-0.2, 0) is 7.05 Å². The quantitative estimate of drug-likeness (QED) is 0.718. The average Bonchev–Trinajstić information content (AvgIpc) is 2.62. The van der Waals surface area contributed by atoms with Crippen molar-refractivity contribution < 1.29 is 0 Å². The zero-order valence-corrected chi connectivity index (χ0v) is 7.71. The highest BCUT2D eigenvalue weighted by Crippen LogP contribution is 2.20. The number of nitrogens with zero attached hydrogens (tertiary/aromatic N) is 3.